The maximum atomic E-state index is 14.7. The molecular weight excluding hydrogens is 377 g/mol. The molecule has 8 nitrogen and oxygen atoms in total. The number of hydrogen-bond donors (Lipinski definition) is 2. The Morgan fingerprint density at radius 2 is 2.22 bits per heavy atom. The number of nitrogens with zero attached hydrogens (tertiary/aromatic N) is 1. The number of cyclic esters (lactones) is 1. The molecule has 0 bridgehead atoms. The van der Waals surface area contributed by atoms with Gasteiger partial charge in [0.2, 0.25) is 15.9 Å². The summed E-state index contributed by atoms with van der Waals surface area (Å²) in [7, 11) is -3.29. The molecule has 1 unspecified atom stereocenters. The quantitative estimate of drug-likeness (QED) is 0.788. The third-order valence-electron chi connectivity index (χ3n) is 4.70. The Hall–Kier alpha value is -2.20. The molecule has 3 rings (SSSR count). The van der Waals surface area contributed by atoms with E-state index in [0.29, 0.717) is 24.1 Å². The van der Waals surface area contributed by atoms with Crippen molar-refractivity contribution in [1.29, 1.82) is 0 Å². The fourth-order valence-corrected chi connectivity index (χ4v) is 4.44. The molecule has 2 atom stereocenters. The number of carbonyl (C=O) groups excluding carboxylic acids is 2. The van der Waals surface area contributed by atoms with Crippen LogP contribution in [0.3, 0.4) is 0 Å². The number of amides is 2. The molecule has 2 N–H and O–H groups in total. The van der Waals surface area contributed by atoms with Gasteiger partial charge in [0, 0.05) is 19.4 Å². The van der Waals surface area contributed by atoms with Crippen LogP contribution in [0.1, 0.15) is 31.2 Å². The van der Waals surface area contributed by atoms with Crippen molar-refractivity contribution in [3.63, 3.8) is 0 Å². The van der Waals surface area contributed by atoms with E-state index in [1.807, 2.05) is 0 Å². The number of sulfonamides is 1. The van der Waals surface area contributed by atoms with Crippen LogP contribution < -0.4 is 14.9 Å². The molecule has 2 saturated heterocycles. The summed E-state index contributed by atoms with van der Waals surface area (Å²) >= 11 is 0. The summed E-state index contributed by atoms with van der Waals surface area (Å²) in [5, 5.41) is 2.58. The number of nitrogens with one attached hydrogen (secondary N) is 2. The van der Waals surface area contributed by atoms with E-state index in [1.165, 1.54) is 17.9 Å². The van der Waals surface area contributed by atoms with E-state index < -0.39 is 28.0 Å². The van der Waals surface area contributed by atoms with Gasteiger partial charge in [-0.05, 0) is 30.5 Å². The molecule has 27 heavy (non-hydrogen) atoms. The van der Waals surface area contributed by atoms with Gasteiger partial charge in [0.25, 0.3) is 0 Å². The molecule has 0 aromatic heterocycles. The Morgan fingerprint density at radius 1 is 1.44 bits per heavy atom. The highest BCUT2D eigenvalue weighted by Gasteiger charge is 2.33. The largest absolute Gasteiger partial charge is 0.442 e. The van der Waals surface area contributed by atoms with E-state index in [2.05, 4.69) is 10.0 Å². The first-order chi connectivity index (χ1) is 12.7. The number of halogens is 1. The molecule has 0 aliphatic carbocycles. The number of ether oxygens (including phenoxy) is 1. The van der Waals surface area contributed by atoms with Gasteiger partial charge in [-0.1, -0.05) is 6.07 Å². The molecule has 0 saturated carbocycles. The lowest BCUT2D eigenvalue weighted by atomic mass is 9.94. The van der Waals surface area contributed by atoms with Gasteiger partial charge < -0.3 is 10.1 Å². The molecule has 1 aromatic rings. The lowest BCUT2D eigenvalue weighted by Crippen LogP contribution is -2.33. The molecule has 2 amide bonds. The van der Waals surface area contributed by atoms with Crippen LogP contribution >= 0.6 is 0 Å². The van der Waals surface area contributed by atoms with Crippen LogP contribution in [-0.2, 0) is 19.6 Å². The van der Waals surface area contributed by atoms with Crippen molar-refractivity contribution >= 4 is 27.7 Å². The van der Waals surface area contributed by atoms with Gasteiger partial charge >= 0.3 is 6.09 Å². The second-order valence-corrected chi connectivity index (χ2v) is 8.69. The van der Waals surface area contributed by atoms with Crippen molar-refractivity contribution < 1.29 is 27.1 Å². The van der Waals surface area contributed by atoms with E-state index in [-0.39, 0.29) is 37.2 Å². The first kappa shape index (κ1) is 19.6. The Balaban J connectivity index is 1.71. The average Bonchev–Trinajstić information content (AvgIpc) is 2.87. The first-order valence-electron chi connectivity index (χ1n) is 8.74. The Morgan fingerprint density at radius 3 is 2.93 bits per heavy atom. The van der Waals surface area contributed by atoms with Gasteiger partial charge in [0.1, 0.15) is 11.9 Å². The van der Waals surface area contributed by atoms with Crippen molar-refractivity contribution in [2.24, 2.45) is 0 Å². The molecule has 1 aromatic carbocycles. The van der Waals surface area contributed by atoms with Crippen LogP contribution in [-0.4, -0.2) is 51.9 Å². The molecular formula is C17H22FN3O5S. The third kappa shape index (κ3) is 4.75. The first-order valence-corrected chi connectivity index (χ1v) is 10.4. The van der Waals surface area contributed by atoms with Crippen molar-refractivity contribution in [2.75, 3.05) is 30.3 Å². The highest BCUT2D eigenvalue weighted by atomic mass is 32.2. The van der Waals surface area contributed by atoms with Gasteiger partial charge in [0.05, 0.1) is 24.5 Å². The number of rotatable bonds is 4. The summed E-state index contributed by atoms with van der Waals surface area (Å²) in [6.07, 6.45) is -0.0718. The summed E-state index contributed by atoms with van der Waals surface area (Å²) < 4.78 is 45.6. The van der Waals surface area contributed by atoms with E-state index in [4.69, 9.17) is 4.74 Å². The maximum absolute atomic E-state index is 14.7. The standard InChI is InChI=1S/C17H22FN3O5S/c1-11(22)19-9-14-10-21(17(23)26-14)13-4-5-15(16(18)7-13)12-3-2-6-27(24,25)20-8-12/h4-5,7,12,14,20H,2-3,6,8-10H2,1H3,(H,19,22)/t12?,14-/m0/s1. The smallest absolute Gasteiger partial charge is 0.414 e. The summed E-state index contributed by atoms with van der Waals surface area (Å²) in [5.74, 6) is -0.927. The number of carbonyl (C=O) groups is 2. The summed E-state index contributed by atoms with van der Waals surface area (Å²) in [4.78, 5) is 24.3. The predicted octanol–water partition coefficient (Wildman–Crippen LogP) is 1.08. The Labute approximate surface area is 157 Å². The fraction of sp³-hybridized carbons (Fsp3) is 0.529. The molecule has 2 fully saturated rings. The van der Waals surface area contributed by atoms with Gasteiger partial charge in [-0.3, -0.25) is 9.69 Å². The lowest BCUT2D eigenvalue weighted by Gasteiger charge is -2.18. The zero-order valence-electron chi connectivity index (χ0n) is 14.9. The minimum atomic E-state index is -3.29. The van der Waals surface area contributed by atoms with Crippen LogP contribution in [0.2, 0.25) is 0 Å². The Kier molecular flexibility index (Phi) is 5.66. The van der Waals surface area contributed by atoms with Crippen LogP contribution in [0.5, 0.6) is 0 Å². The van der Waals surface area contributed by atoms with E-state index >= 15 is 0 Å². The topological polar surface area (TPSA) is 105 Å². The third-order valence-corrected chi connectivity index (χ3v) is 6.14. The van der Waals surface area contributed by atoms with E-state index in [0.717, 1.165) is 0 Å². The van der Waals surface area contributed by atoms with Crippen LogP contribution in [0, 0.1) is 5.82 Å². The molecule has 10 heteroatoms. The second-order valence-electron chi connectivity index (χ2n) is 6.77. The fourth-order valence-electron chi connectivity index (χ4n) is 3.30. The molecule has 0 radical (unpaired) electrons. The van der Waals surface area contributed by atoms with Crippen molar-refractivity contribution in [3.05, 3.63) is 29.6 Å². The summed E-state index contributed by atoms with van der Waals surface area (Å²) in [5.41, 5.74) is 0.784. The minimum Gasteiger partial charge on any atom is -0.442 e. The maximum Gasteiger partial charge on any atom is 0.414 e. The van der Waals surface area contributed by atoms with Crippen molar-refractivity contribution in [3.8, 4) is 0 Å². The molecule has 0 spiro atoms. The molecule has 2 aliphatic rings. The van der Waals surface area contributed by atoms with Crippen molar-refractivity contribution in [1.82, 2.24) is 10.0 Å². The van der Waals surface area contributed by atoms with Crippen molar-refractivity contribution in [2.45, 2.75) is 31.8 Å². The van der Waals surface area contributed by atoms with Gasteiger partial charge in [0.15, 0.2) is 0 Å². The minimum absolute atomic E-state index is 0.0402. The average molecular weight is 399 g/mol. The number of anilines is 1. The highest BCUT2D eigenvalue weighted by molar-refractivity contribution is 7.89. The van der Waals surface area contributed by atoms with Gasteiger partial charge in [-0.15, -0.1) is 0 Å². The molecule has 148 valence electrons. The summed E-state index contributed by atoms with van der Waals surface area (Å²) in [6.45, 7) is 1.93. The monoisotopic (exact) mass is 399 g/mol. The molecule has 2 aliphatic heterocycles. The number of benzene rings is 1. The second kappa shape index (κ2) is 7.81. The van der Waals surface area contributed by atoms with E-state index in [1.54, 1.807) is 12.1 Å². The lowest BCUT2D eigenvalue weighted by molar-refractivity contribution is -0.119. The van der Waals surface area contributed by atoms with E-state index in [9.17, 15) is 22.4 Å². The van der Waals surface area contributed by atoms with Gasteiger partial charge in [-0.25, -0.2) is 22.3 Å². The zero-order chi connectivity index (χ0) is 19.6. The molecule has 2 heterocycles. The predicted molar refractivity (Wildman–Crippen MR) is 96.5 cm³/mol. The Bertz CT molecular complexity index is 845. The highest BCUT2D eigenvalue weighted by Crippen LogP contribution is 2.30. The van der Waals surface area contributed by atoms with Crippen LogP contribution in [0.15, 0.2) is 18.2 Å². The zero-order valence-corrected chi connectivity index (χ0v) is 15.7. The SMILES string of the molecule is CC(=O)NC[C@H]1CN(c2ccc(C3CCCS(=O)(=O)NC3)c(F)c2)C(=O)O1. The number of hydrogen-bond acceptors (Lipinski definition) is 5. The summed E-state index contributed by atoms with van der Waals surface area (Å²) in [6, 6.07) is 4.47. The van der Waals surface area contributed by atoms with Crippen LogP contribution in [0.25, 0.3) is 0 Å². The van der Waals surface area contributed by atoms with Crippen LogP contribution in [0.4, 0.5) is 14.9 Å². The normalized spacial score (nSPS) is 25.0. The van der Waals surface area contributed by atoms with Gasteiger partial charge in [-0.2, -0.15) is 0 Å².